The van der Waals surface area contributed by atoms with Crippen LogP contribution in [0, 0.1) is 0 Å². The lowest BCUT2D eigenvalue weighted by atomic mass is 10.5. The fourth-order valence-electron chi connectivity index (χ4n) is 0.929. The molecule has 12 heavy (non-hydrogen) atoms. The Labute approximate surface area is 67.9 Å². The zero-order valence-corrected chi connectivity index (χ0v) is 6.11. The minimum absolute atomic E-state index is 0.307. The van der Waals surface area contributed by atoms with Crippen molar-refractivity contribution < 1.29 is 4.79 Å². The first kappa shape index (κ1) is 6.78. The molecule has 0 saturated heterocycles. The average Bonchev–Trinajstić information content (AvgIpc) is 2.75. The summed E-state index contributed by atoms with van der Waals surface area (Å²) < 4.78 is 0. The standard InChI is InChI=1S/C7H6N4O/c12-4-6-10-3-5(11-6)7-8-1-2-9-7/h1-4H,(H,8,9)(H,10,11). The lowest BCUT2D eigenvalue weighted by Gasteiger charge is -1.86. The number of nitrogens with zero attached hydrogens (tertiary/aromatic N) is 2. The van der Waals surface area contributed by atoms with Gasteiger partial charge in [-0.1, -0.05) is 0 Å². The molecule has 0 amide bonds. The van der Waals surface area contributed by atoms with E-state index in [1.54, 1.807) is 18.6 Å². The Kier molecular flexibility index (Phi) is 1.48. The van der Waals surface area contributed by atoms with Gasteiger partial charge in [0.05, 0.1) is 6.20 Å². The van der Waals surface area contributed by atoms with Crippen molar-refractivity contribution in [2.24, 2.45) is 0 Å². The summed E-state index contributed by atoms with van der Waals surface area (Å²) in [5, 5.41) is 0. The summed E-state index contributed by atoms with van der Waals surface area (Å²) >= 11 is 0. The molecule has 0 fully saturated rings. The quantitative estimate of drug-likeness (QED) is 0.635. The van der Waals surface area contributed by atoms with Crippen molar-refractivity contribution in [2.45, 2.75) is 0 Å². The van der Waals surface area contributed by atoms with E-state index in [0.717, 1.165) is 0 Å². The van der Waals surface area contributed by atoms with E-state index in [-0.39, 0.29) is 0 Å². The van der Waals surface area contributed by atoms with Crippen molar-refractivity contribution in [1.82, 2.24) is 19.9 Å². The number of hydrogen-bond donors (Lipinski definition) is 2. The average molecular weight is 162 g/mol. The number of rotatable bonds is 2. The first-order valence-electron chi connectivity index (χ1n) is 3.40. The van der Waals surface area contributed by atoms with Gasteiger partial charge in [0.1, 0.15) is 5.69 Å². The van der Waals surface area contributed by atoms with Crippen LogP contribution >= 0.6 is 0 Å². The minimum Gasteiger partial charge on any atom is -0.343 e. The molecule has 0 aliphatic rings. The molecule has 0 aromatic carbocycles. The molecule has 0 unspecified atom stereocenters. The maximum atomic E-state index is 10.3. The van der Waals surface area contributed by atoms with Crippen LogP contribution < -0.4 is 0 Å². The van der Waals surface area contributed by atoms with E-state index < -0.39 is 0 Å². The third-order valence-electron chi connectivity index (χ3n) is 1.46. The number of imidazole rings is 2. The largest absolute Gasteiger partial charge is 0.343 e. The molecular formula is C7H6N4O. The predicted octanol–water partition coefficient (Wildman–Crippen LogP) is 0.612. The summed E-state index contributed by atoms with van der Waals surface area (Å²) in [6.45, 7) is 0. The van der Waals surface area contributed by atoms with Crippen molar-refractivity contribution in [3.05, 3.63) is 24.4 Å². The van der Waals surface area contributed by atoms with Crippen LogP contribution in [0.25, 0.3) is 11.5 Å². The maximum Gasteiger partial charge on any atom is 0.185 e. The van der Waals surface area contributed by atoms with Crippen LogP contribution in [0.15, 0.2) is 18.6 Å². The van der Waals surface area contributed by atoms with Gasteiger partial charge in [-0.2, -0.15) is 0 Å². The van der Waals surface area contributed by atoms with Crippen LogP contribution in [0.1, 0.15) is 10.6 Å². The van der Waals surface area contributed by atoms with Gasteiger partial charge in [-0.15, -0.1) is 0 Å². The summed E-state index contributed by atoms with van der Waals surface area (Å²) in [6.07, 6.45) is 5.56. The van der Waals surface area contributed by atoms with Gasteiger partial charge in [-0.05, 0) is 0 Å². The van der Waals surface area contributed by atoms with Gasteiger partial charge < -0.3 is 9.97 Å². The van der Waals surface area contributed by atoms with Crippen LogP contribution in [-0.2, 0) is 0 Å². The number of nitrogens with one attached hydrogen (secondary N) is 2. The molecule has 5 heteroatoms. The molecule has 2 N–H and O–H groups in total. The highest BCUT2D eigenvalue weighted by Gasteiger charge is 2.02. The number of aromatic nitrogens is 4. The van der Waals surface area contributed by atoms with Crippen LogP contribution in [0.4, 0.5) is 0 Å². The summed E-state index contributed by atoms with van der Waals surface area (Å²) in [6, 6.07) is 0. The predicted molar refractivity (Wildman–Crippen MR) is 41.6 cm³/mol. The minimum atomic E-state index is 0.307. The van der Waals surface area contributed by atoms with E-state index in [2.05, 4.69) is 19.9 Å². The number of aromatic amines is 2. The first-order valence-corrected chi connectivity index (χ1v) is 3.40. The molecule has 0 bridgehead atoms. The molecule has 0 saturated carbocycles. The van der Waals surface area contributed by atoms with Gasteiger partial charge in [0.2, 0.25) is 0 Å². The van der Waals surface area contributed by atoms with E-state index in [0.29, 0.717) is 23.6 Å². The van der Waals surface area contributed by atoms with Gasteiger partial charge >= 0.3 is 0 Å². The van der Waals surface area contributed by atoms with Gasteiger partial charge in [0.25, 0.3) is 0 Å². The molecule has 2 aromatic heterocycles. The molecular weight excluding hydrogens is 156 g/mol. The monoisotopic (exact) mass is 162 g/mol. The highest BCUT2D eigenvalue weighted by molar-refractivity contribution is 5.70. The normalized spacial score (nSPS) is 10.0. The zero-order valence-electron chi connectivity index (χ0n) is 6.11. The molecule has 2 heterocycles. The molecule has 0 radical (unpaired) electrons. The van der Waals surface area contributed by atoms with Crippen molar-refractivity contribution in [3.8, 4) is 11.5 Å². The Bertz CT molecular complexity index is 376. The number of carbonyl (C=O) groups is 1. The maximum absolute atomic E-state index is 10.3. The van der Waals surface area contributed by atoms with Crippen LogP contribution in [-0.4, -0.2) is 26.2 Å². The Morgan fingerprint density at radius 3 is 2.92 bits per heavy atom. The van der Waals surface area contributed by atoms with Crippen LogP contribution in [0.3, 0.4) is 0 Å². The van der Waals surface area contributed by atoms with Gasteiger partial charge in [-0.3, -0.25) is 4.79 Å². The first-order chi connectivity index (χ1) is 5.90. The van der Waals surface area contributed by atoms with E-state index in [9.17, 15) is 4.79 Å². The fourth-order valence-corrected chi connectivity index (χ4v) is 0.929. The molecule has 0 aliphatic carbocycles. The lowest BCUT2D eigenvalue weighted by molar-refractivity contribution is 0.111. The molecule has 2 rings (SSSR count). The van der Waals surface area contributed by atoms with Gasteiger partial charge in [0.15, 0.2) is 17.9 Å². The van der Waals surface area contributed by atoms with E-state index in [4.69, 9.17) is 0 Å². The third-order valence-corrected chi connectivity index (χ3v) is 1.46. The summed E-state index contributed by atoms with van der Waals surface area (Å²) in [4.78, 5) is 23.7. The molecule has 0 atom stereocenters. The summed E-state index contributed by atoms with van der Waals surface area (Å²) in [5.41, 5.74) is 0.710. The van der Waals surface area contributed by atoms with Gasteiger partial charge in [0, 0.05) is 12.4 Å². The van der Waals surface area contributed by atoms with Crippen LogP contribution in [0.5, 0.6) is 0 Å². The summed E-state index contributed by atoms with van der Waals surface area (Å²) in [7, 11) is 0. The highest BCUT2D eigenvalue weighted by Crippen LogP contribution is 2.09. The number of carbonyl (C=O) groups excluding carboxylic acids is 1. The lowest BCUT2D eigenvalue weighted by Crippen LogP contribution is -1.82. The zero-order chi connectivity index (χ0) is 8.39. The number of H-pyrrole nitrogens is 2. The second kappa shape index (κ2) is 2.61. The van der Waals surface area contributed by atoms with Crippen molar-refractivity contribution >= 4 is 6.29 Å². The van der Waals surface area contributed by atoms with Crippen molar-refractivity contribution in [3.63, 3.8) is 0 Å². The summed E-state index contributed by atoms with van der Waals surface area (Å²) in [5.74, 6) is 0.983. The van der Waals surface area contributed by atoms with Crippen LogP contribution in [0.2, 0.25) is 0 Å². The topological polar surface area (TPSA) is 74.4 Å². The Hall–Kier alpha value is -1.91. The number of aldehydes is 1. The smallest absolute Gasteiger partial charge is 0.185 e. The Balaban J connectivity index is 2.41. The molecule has 5 nitrogen and oxygen atoms in total. The Morgan fingerprint density at radius 1 is 1.42 bits per heavy atom. The SMILES string of the molecule is O=Cc1ncc(-c2ncc[nH]2)[nH]1. The second-order valence-electron chi connectivity index (χ2n) is 2.24. The number of hydrogen-bond acceptors (Lipinski definition) is 3. The highest BCUT2D eigenvalue weighted by atomic mass is 16.1. The molecule has 60 valence electrons. The third kappa shape index (κ3) is 1.01. The fraction of sp³-hybridized carbons (Fsp3) is 0. The van der Waals surface area contributed by atoms with Crippen molar-refractivity contribution in [1.29, 1.82) is 0 Å². The van der Waals surface area contributed by atoms with E-state index in [1.807, 2.05) is 0 Å². The molecule has 2 aromatic rings. The van der Waals surface area contributed by atoms with Crippen molar-refractivity contribution in [2.75, 3.05) is 0 Å². The van der Waals surface area contributed by atoms with E-state index in [1.165, 1.54) is 0 Å². The molecule has 0 aliphatic heterocycles. The molecule has 0 spiro atoms. The van der Waals surface area contributed by atoms with E-state index >= 15 is 0 Å². The Morgan fingerprint density at radius 2 is 2.33 bits per heavy atom. The van der Waals surface area contributed by atoms with Gasteiger partial charge in [-0.25, -0.2) is 9.97 Å². The second-order valence-corrected chi connectivity index (χ2v) is 2.24.